The SMILES string of the molecule is O=C1[C@H]2[C@@H](C(=O)N1c1ccc(F)cc1)[C@]1(N[C@@H]2Cc2c[nH]c3ccccc23)C(=O)Nc2ccc(F)cc21. The molecule has 1 aromatic heterocycles. The van der Waals surface area contributed by atoms with Gasteiger partial charge in [-0.15, -0.1) is 0 Å². The maximum absolute atomic E-state index is 14.4. The van der Waals surface area contributed by atoms with Crippen molar-refractivity contribution in [2.75, 3.05) is 10.2 Å². The van der Waals surface area contributed by atoms with Crippen LogP contribution in [0, 0.1) is 23.5 Å². The van der Waals surface area contributed by atoms with Gasteiger partial charge in [0.2, 0.25) is 17.7 Å². The van der Waals surface area contributed by atoms with E-state index < -0.39 is 52.8 Å². The van der Waals surface area contributed by atoms with Crippen LogP contribution in [0.3, 0.4) is 0 Å². The monoisotopic (exact) mass is 498 g/mol. The van der Waals surface area contributed by atoms with Crippen molar-refractivity contribution in [1.29, 1.82) is 0 Å². The molecule has 0 radical (unpaired) electrons. The first-order valence-corrected chi connectivity index (χ1v) is 12.0. The zero-order chi connectivity index (χ0) is 25.5. The molecule has 0 bridgehead atoms. The molecule has 7 rings (SSSR count). The molecule has 2 fully saturated rings. The lowest BCUT2D eigenvalue weighted by Crippen LogP contribution is -2.53. The van der Waals surface area contributed by atoms with Gasteiger partial charge in [-0.25, -0.2) is 13.7 Å². The summed E-state index contributed by atoms with van der Waals surface area (Å²) in [7, 11) is 0. The van der Waals surface area contributed by atoms with Gasteiger partial charge in [0.25, 0.3) is 0 Å². The number of aromatic amines is 1. The number of rotatable bonds is 3. The van der Waals surface area contributed by atoms with Gasteiger partial charge in [-0.1, -0.05) is 18.2 Å². The van der Waals surface area contributed by atoms with Crippen LogP contribution in [0.15, 0.2) is 72.9 Å². The van der Waals surface area contributed by atoms with Crippen molar-refractivity contribution in [3.63, 3.8) is 0 Å². The van der Waals surface area contributed by atoms with E-state index in [0.29, 0.717) is 17.7 Å². The van der Waals surface area contributed by atoms with E-state index in [1.54, 1.807) is 0 Å². The number of hydrogen-bond donors (Lipinski definition) is 3. The Kier molecular flexibility index (Phi) is 4.47. The first kappa shape index (κ1) is 21.9. The van der Waals surface area contributed by atoms with Gasteiger partial charge < -0.3 is 10.3 Å². The standard InChI is InChI=1S/C28H20F2N4O3/c29-15-5-8-17(9-6-15)34-25(35)23-22(11-14-13-31-20-4-2-1-3-18(14)20)33-28(24(23)26(34)36)19-12-16(30)7-10-21(19)32-27(28)37/h1-10,12-13,22-24,31,33H,11H2,(H,32,37)/t22-,23-,24+,28+/m1/s1. The Balaban J connectivity index is 1.38. The summed E-state index contributed by atoms with van der Waals surface area (Å²) in [6.07, 6.45) is 2.20. The number of anilines is 2. The molecule has 0 aliphatic carbocycles. The summed E-state index contributed by atoms with van der Waals surface area (Å²) in [6.45, 7) is 0. The number of H-pyrrole nitrogens is 1. The molecular weight excluding hydrogens is 478 g/mol. The van der Waals surface area contributed by atoms with E-state index in [4.69, 9.17) is 0 Å². The van der Waals surface area contributed by atoms with E-state index in [-0.39, 0.29) is 5.69 Å². The lowest BCUT2D eigenvalue weighted by Gasteiger charge is -2.29. The number of nitrogens with zero attached hydrogens (tertiary/aromatic N) is 1. The molecule has 9 heteroatoms. The number of carbonyl (C=O) groups is 3. The van der Waals surface area contributed by atoms with E-state index in [1.165, 1.54) is 42.5 Å². The maximum atomic E-state index is 14.4. The zero-order valence-electron chi connectivity index (χ0n) is 19.3. The number of aromatic nitrogens is 1. The van der Waals surface area contributed by atoms with E-state index in [2.05, 4.69) is 15.6 Å². The molecule has 0 unspecified atom stereocenters. The molecular formula is C28H20F2N4O3. The molecule has 2 saturated heterocycles. The Morgan fingerprint density at radius 1 is 0.892 bits per heavy atom. The molecule has 4 atom stereocenters. The van der Waals surface area contributed by atoms with Gasteiger partial charge in [-0.05, 0) is 60.5 Å². The number of benzene rings is 3. The largest absolute Gasteiger partial charge is 0.361 e. The molecule has 3 amide bonds. The number of halogens is 2. The summed E-state index contributed by atoms with van der Waals surface area (Å²) in [6, 6.07) is 16.1. The van der Waals surface area contributed by atoms with Crippen molar-refractivity contribution in [3.05, 3.63) is 95.7 Å². The fraction of sp³-hybridized carbons (Fsp3) is 0.179. The molecule has 37 heavy (non-hydrogen) atoms. The average Bonchev–Trinajstić information content (AvgIpc) is 3.59. The van der Waals surface area contributed by atoms with E-state index in [1.807, 2.05) is 30.5 Å². The number of fused-ring (bicyclic) bond motifs is 5. The highest BCUT2D eigenvalue weighted by Crippen LogP contribution is 2.54. The first-order chi connectivity index (χ1) is 17.9. The average molecular weight is 498 g/mol. The van der Waals surface area contributed by atoms with Gasteiger partial charge in [-0.3, -0.25) is 19.7 Å². The Morgan fingerprint density at radius 2 is 1.65 bits per heavy atom. The maximum Gasteiger partial charge on any atom is 0.250 e. The van der Waals surface area contributed by atoms with Crippen molar-refractivity contribution in [3.8, 4) is 0 Å². The van der Waals surface area contributed by atoms with Crippen molar-refractivity contribution >= 4 is 40.0 Å². The van der Waals surface area contributed by atoms with Gasteiger partial charge in [-0.2, -0.15) is 0 Å². The quantitative estimate of drug-likeness (QED) is 0.376. The zero-order valence-corrected chi connectivity index (χ0v) is 19.3. The molecule has 3 aliphatic heterocycles. The second-order valence-corrected chi connectivity index (χ2v) is 9.76. The van der Waals surface area contributed by atoms with E-state index >= 15 is 0 Å². The Labute approximate surface area is 209 Å². The van der Waals surface area contributed by atoms with Gasteiger partial charge in [0.1, 0.15) is 17.2 Å². The highest BCUT2D eigenvalue weighted by molar-refractivity contribution is 6.25. The third-order valence-electron chi connectivity index (χ3n) is 7.88. The molecule has 3 aromatic carbocycles. The number of imide groups is 1. The lowest BCUT2D eigenvalue weighted by atomic mass is 9.76. The molecule has 3 N–H and O–H groups in total. The number of nitrogens with one attached hydrogen (secondary N) is 3. The summed E-state index contributed by atoms with van der Waals surface area (Å²) >= 11 is 0. The van der Waals surface area contributed by atoms with Crippen LogP contribution in [-0.2, 0) is 26.3 Å². The van der Waals surface area contributed by atoms with E-state index in [0.717, 1.165) is 21.4 Å². The van der Waals surface area contributed by atoms with Crippen molar-refractivity contribution in [2.45, 2.75) is 18.0 Å². The van der Waals surface area contributed by atoms with Crippen LogP contribution in [-0.4, -0.2) is 28.7 Å². The van der Waals surface area contributed by atoms with Crippen LogP contribution in [0.4, 0.5) is 20.2 Å². The minimum absolute atomic E-state index is 0.227. The summed E-state index contributed by atoms with van der Waals surface area (Å²) < 4.78 is 28.0. The summed E-state index contributed by atoms with van der Waals surface area (Å²) in [5, 5.41) is 7.06. The topological polar surface area (TPSA) is 94.3 Å². The Morgan fingerprint density at radius 3 is 2.46 bits per heavy atom. The Hall–Kier alpha value is -4.37. The van der Waals surface area contributed by atoms with Crippen LogP contribution in [0.1, 0.15) is 11.1 Å². The lowest BCUT2D eigenvalue weighted by molar-refractivity contribution is -0.130. The van der Waals surface area contributed by atoms with Crippen LogP contribution in [0.25, 0.3) is 10.9 Å². The normalized spacial score (nSPS) is 26.3. The minimum Gasteiger partial charge on any atom is -0.361 e. The fourth-order valence-corrected chi connectivity index (χ4v) is 6.33. The van der Waals surface area contributed by atoms with Crippen molar-refractivity contribution in [1.82, 2.24) is 10.3 Å². The second kappa shape index (κ2) is 7.57. The van der Waals surface area contributed by atoms with E-state index in [9.17, 15) is 23.2 Å². The molecule has 184 valence electrons. The first-order valence-electron chi connectivity index (χ1n) is 12.0. The molecule has 3 aliphatic rings. The number of carbonyl (C=O) groups excluding carboxylic acids is 3. The third kappa shape index (κ3) is 2.91. The Bertz CT molecular complexity index is 1630. The van der Waals surface area contributed by atoms with Gasteiger partial charge >= 0.3 is 0 Å². The highest BCUT2D eigenvalue weighted by atomic mass is 19.1. The van der Waals surface area contributed by atoms with Gasteiger partial charge in [0, 0.05) is 34.4 Å². The molecule has 1 spiro atoms. The molecule has 4 aromatic rings. The van der Waals surface area contributed by atoms with Gasteiger partial charge in [0.15, 0.2) is 0 Å². The number of amides is 3. The van der Waals surface area contributed by atoms with Crippen LogP contribution in [0.2, 0.25) is 0 Å². The number of para-hydroxylation sites is 1. The second-order valence-electron chi connectivity index (χ2n) is 9.76. The highest BCUT2D eigenvalue weighted by Gasteiger charge is 2.70. The van der Waals surface area contributed by atoms with Crippen molar-refractivity contribution in [2.24, 2.45) is 11.8 Å². The molecule has 7 nitrogen and oxygen atoms in total. The minimum atomic E-state index is -1.62. The smallest absolute Gasteiger partial charge is 0.250 e. The third-order valence-corrected chi connectivity index (χ3v) is 7.88. The number of hydrogen-bond acceptors (Lipinski definition) is 4. The fourth-order valence-electron chi connectivity index (χ4n) is 6.33. The molecule has 0 saturated carbocycles. The van der Waals surface area contributed by atoms with Crippen LogP contribution >= 0.6 is 0 Å². The van der Waals surface area contributed by atoms with Crippen LogP contribution in [0.5, 0.6) is 0 Å². The van der Waals surface area contributed by atoms with Crippen molar-refractivity contribution < 1.29 is 23.2 Å². The van der Waals surface area contributed by atoms with Gasteiger partial charge in [0.05, 0.1) is 17.5 Å². The predicted octanol–water partition coefficient (Wildman–Crippen LogP) is 3.61. The summed E-state index contributed by atoms with van der Waals surface area (Å²) in [4.78, 5) is 45.6. The predicted molar refractivity (Wildman–Crippen MR) is 132 cm³/mol. The molecule has 4 heterocycles. The summed E-state index contributed by atoms with van der Waals surface area (Å²) in [5.74, 6) is -4.63. The van der Waals surface area contributed by atoms with Crippen LogP contribution < -0.4 is 15.5 Å². The summed E-state index contributed by atoms with van der Waals surface area (Å²) in [5.41, 5.74) is 1.14.